The third-order valence-electron chi connectivity index (χ3n) is 4.32. The van der Waals surface area contributed by atoms with E-state index in [0.29, 0.717) is 28.3 Å². The van der Waals surface area contributed by atoms with E-state index in [-0.39, 0.29) is 28.8 Å². The van der Waals surface area contributed by atoms with Gasteiger partial charge in [0.2, 0.25) is 5.91 Å². The summed E-state index contributed by atoms with van der Waals surface area (Å²) in [5.74, 6) is 0.656. The number of amides is 1. The fraction of sp³-hybridized carbons (Fsp3) is 0.190. The molecule has 1 aromatic heterocycles. The van der Waals surface area contributed by atoms with E-state index in [9.17, 15) is 14.9 Å². The van der Waals surface area contributed by atoms with Crippen molar-refractivity contribution >= 4 is 52.2 Å². The molecule has 1 heterocycles. The highest BCUT2D eigenvalue weighted by molar-refractivity contribution is 7.99. The van der Waals surface area contributed by atoms with Gasteiger partial charge in [-0.2, -0.15) is 0 Å². The van der Waals surface area contributed by atoms with E-state index in [1.807, 2.05) is 19.1 Å². The molecule has 0 spiro atoms. The molecule has 0 aliphatic heterocycles. The Morgan fingerprint density at radius 3 is 2.76 bits per heavy atom. The summed E-state index contributed by atoms with van der Waals surface area (Å²) in [5, 5.41) is 23.0. The summed E-state index contributed by atoms with van der Waals surface area (Å²) in [6.07, 6.45) is 1.68. The maximum absolute atomic E-state index is 12.4. The van der Waals surface area contributed by atoms with Crippen molar-refractivity contribution in [3.63, 3.8) is 0 Å². The van der Waals surface area contributed by atoms with E-state index in [1.54, 1.807) is 16.7 Å². The number of allylic oxidation sites excluding steroid dienone is 1. The van der Waals surface area contributed by atoms with Crippen molar-refractivity contribution in [2.45, 2.75) is 25.2 Å². The second-order valence-corrected chi connectivity index (χ2v) is 8.54. The lowest BCUT2D eigenvalue weighted by atomic mass is 10.2. The molecule has 3 aromatic rings. The second-order valence-electron chi connectivity index (χ2n) is 6.78. The number of aromatic nitrogens is 3. The second kappa shape index (κ2) is 11.2. The maximum Gasteiger partial charge on any atom is 0.271 e. The van der Waals surface area contributed by atoms with Crippen LogP contribution in [0.25, 0.3) is 0 Å². The van der Waals surface area contributed by atoms with Gasteiger partial charge in [0.15, 0.2) is 11.0 Å². The first-order chi connectivity index (χ1) is 15.8. The predicted octanol–water partition coefficient (Wildman–Crippen LogP) is 5.30. The summed E-state index contributed by atoms with van der Waals surface area (Å²) in [6.45, 7) is 6.22. The first kappa shape index (κ1) is 24.6. The number of carbonyl (C=O) groups excluding carboxylic acids is 1. The van der Waals surface area contributed by atoms with Gasteiger partial charge >= 0.3 is 0 Å². The highest BCUT2D eigenvalue weighted by Crippen LogP contribution is 2.28. The van der Waals surface area contributed by atoms with Crippen LogP contribution in [0, 0.1) is 17.0 Å². The van der Waals surface area contributed by atoms with Gasteiger partial charge < -0.3 is 10.1 Å². The lowest BCUT2D eigenvalue weighted by Crippen LogP contribution is -2.15. The number of benzene rings is 2. The number of thioether (sulfide) groups is 1. The van der Waals surface area contributed by atoms with E-state index in [2.05, 4.69) is 22.1 Å². The monoisotopic (exact) mass is 507 g/mol. The number of nitrogens with zero attached hydrogens (tertiary/aromatic N) is 4. The molecule has 0 atom stereocenters. The van der Waals surface area contributed by atoms with Crippen LogP contribution in [0.3, 0.4) is 0 Å². The average molecular weight is 508 g/mol. The Kier molecular flexibility index (Phi) is 8.32. The number of nitro benzene ring substituents is 1. The highest BCUT2D eigenvalue weighted by atomic mass is 35.5. The lowest BCUT2D eigenvalue weighted by Gasteiger charge is -2.11. The van der Waals surface area contributed by atoms with Crippen molar-refractivity contribution in [2.75, 3.05) is 11.1 Å². The number of hydrogen-bond acceptors (Lipinski definition) is 7. The van der Waals surface area contributed by atoms with Gasteiger partial charge in [0.1, 0.15) is 12.4 Å². The summed E-state index contributed by atoms with van der Waals surface area (Å²) < 4.78 is 7.58. The molecular weight excluding hydrogens is 489 g/mol. The molecular formula is C21H19Cl2N5O4S. The third kappa shape index (κ3) is 6.47. The fourth-order valence-corrected chi connectivity index (χ4v) is 3.85. The Hall–Kier alpha value is -3.08. The molecule has 33 heavy (non-hydrogen) atoms. The molecule has 172 valence electrons. The molecule has 0 aliphatic carbocycles. The smallest absolute Gasteiger partial charge is 0.271 e. The van der Waals surface area contributed by atoms with E-state index in [4.69, 9.17) is 27.9 Å². The van der Waals surface area contributed by atoms with Gasteiger partial charge in [-0.15, -0.1) is 16.8 Å². The number of nitrogens with one attached hydrogen (secondary N) is 1. The minimum atomic E-state index is -0.563. The van der Waals surface area contributed by atoms with Crippen LogP contribution in [0.5, 0.6) is 5.75 Å². The Morgan fingerprint density at radius 1 is 1.27 bits per heavy atom. The number of anilines is 1. The third-order valence-corrected chi connectivity index (χ3v) is 5.92. The molecule has 2 aromatic carbocycles. The number of aryl methyl sites for hydroxylation is 1. The number of hydrogen-bond donors (Lipinski definition) is 1. The molecule has 0 fully saturated rings. The van der Waals surface area contributed by atoms with Gasteiger partial charge in [-0.25, -0.2) is 0 Å². The number of halogens is 2. The van der Waals surface area contributed by atoms with Crippen molar-refractivity contribution in [1.29, 1.82) is 0 Å². The first-order valence-corrected chi connectivity index (χ1v) is 11.3. The SMILES string of the molecule is C=CCn1c(COc2cc(C)ccc2Cl)nnc1SCC(=O)Nc1cc([N+](=O)[O-])ccc1Cl. The average Bonchev–Trinajstić information content (AvgIpc) is 3.16. The largest absolute Gasteiger partial charge is 0.484 e. The molecule has 9 nitrogen and oxygen atoms in total. The predicted molar refractivity (Wildman–Crippen MR) is 128 cm³/mol. The molecule has 0 radical (unpaired) electrons. The minimum Gasteiger partial charge on any atom is -0.484 e. The van der Waals surface area contributed by atoms with Gasteiger partial charge in [-0.05, 0) is 30.7 Å². The van der Waals surface area contributed by atoms with E-state index in [1.165, 1.54) is 18.2 Å². The zero-order valence-electron chi connectivity index (χ0n) is 17.5. The Labute approximate surface area is 203 Å². The standard InChI is InChI=1S/C21H19Cl2N5O4S/c1-3-8-27-19(11-32-18-9-13(2)4-6-16(18)23)25-26-21(27)33-12-20(29)24-17-10-14(28(30)31)5-7-15(17)22/h3-7,9-10H,1,8,11-12H2,2H3,(H,24,29). The first-order valence-electron chi connectivity index (χ1n) is 9.57. The van der Waals surface area contributed by atoms with Gasteiger partial charge in [0.05, 0.1) is 26.4 Å². The highest BCUT2D eigenvalue weighted by Gasteiger charge is 2.16. The number of nitro groups is 1. The van der Waals surface area contributed by atoms with Crippen molar-refractivity contribution in [1.82, 2.24) is 14.8 Å². The topological polar surface area (TPSA) is 112 Å². The van der Waals surface area contributed by atoms with E-state index in [0.717, 1.165) is 17.3 Å². The summed E-state index contributed by atoms with van der Waals surface area (Å²) in [4.78, 5) is 22.8. The molecule has 0 bridgehead atoms. The van der Waals surface area contributed by atoms with Crippen LogP contribution in [-0.4, -0.2) is 31.3 Å². The molecule has 0 saturated carbocycles. The Morgan fingerprint density at radius 2 is 2.03 bits per heavy atom. The Bertz CT molecular complexity index is 1200. The lowest BCUT2D eigenvalue weighted by molar-refractivity contribution is -0.384. The van der Waals surface area contributed by atoms with Crippen molar-refractivity contribution in [3.05, 3.63) is 80.6 Å². The van der Waals surface area contributed by atoms with Crippen LogP contribution in [0.4, 0.5) is 11.4 Å². The molecule has 1 amide bonds. The fourth-order valence-electron chi connectivity index (χ4n) is 2.75. The van der Waals surface area contributed by atoms with Crippen molar-refractivity contribution in [3.8, 4) is 5.75 Å². The van der Waals surface area contributed by atoms with Crippen LogP contribution in [0.1, 0.15) is 11.4 Å². The van der Waals surface area contributed by atoms with E-state index >= 15 is 0 Å². The summed E-state index contributed by atoms with van der Waals surface area (Å²) in [6, 6.07) is 9.30. The van der Waals surface area contributed by atoms with Gasteiger partial charge in [0, 0.05) is 18.7 Å². The molecule has 12 heteroatoms. The van der Waals surface area contributed by atoms with Crippen LogP contribution >= 0.6 is 35.0 Å². The number of ether oxygens (including phenoxy) is 1. The van der Waals surface area contributed by atoms with Gasteiger partial charge in [-0.1, -0.05) is 47.1 Å². The molecule has 0 saturated heterocycles. The molecule has 1 N–H and O–H groups in total. The summed E-state index contributed by atoms with van der Waals surface area (Å²) in [5.41, 5.74) is 0.993. The number of carbonyl (C=O) groups is 1. The summed E-state index contributed by atoms with van der Waals surface area (Å²) in [7, 11) is 0. The van der Waals surface area contributed by atoms with Crippen LogP contribution < -0.4 is 10.1 Å². The zero-order valence-corrected chi connectivity index (χ0v) is 19.8. The maximum atomic E-state index is 12.4. The normalized spacial score (nSPS) is 10.6. The van der Waals surface area contributed by atoms with Crippen LogP contribution in [0.15, 0.2) is 54.2 Å². The molecule has 0 aliphatic rings. The number of non-ortho nitro benzene ring substituents is 1. The number of rotatable bonds is 10. The van der Waals surface area contributed by atoms with Crippen LogP contribution in [-0.2, 0) is 17.9 Å². The molecule has 3 rings (SSSR count). The summed E-state index contributed by atoms with van der Waals surface area (Å²) >= 11 is 13.4. The van der Waals surface area contributed by atoms with Crippen molar-refractivity contribution < 1.29 is 14.5 Å². The quantitative estimate of drug-likeness (QED) is 0.171. The van der Waals surface area contributed by atoms with E-state index < -0.39 is 10.8 Å². The van der Waals surface area contributed by atoms with Crippen molar-refractivity contribution in [2.24, 2.45) is 0 Å². The van der Waals surface area contributed by atoms with Gasteiger partial charge in [0.25, 0.3) is 5.69 Å². The minimum absolute atomic E-state index is 0.0150. The van der Waals surface area contributed by atoms with Gasteiger partial charge in [-0.3, -0.25) is 19.5 Å². The Balaban J connectivity index is 1.66. The van der Waals surface area contributed by atoms with Crippen LogP contribution in [0.2, 0.25) is 10.0 Å². The molecule has 0 unspecified atom stereocenters. The zero-order chi connectivity index (χ0) is 24.0.